The first-order valence-corrected chi connectivity index (χ1v) is 4.38. The van der Waals surface area contributed by atoms with Crippen molar-refractivity contribution in [1.82, 2.24) is 4.98 Å². The molecular weight excluding hydrogens is 198 g/mol. The van der Waals surface area contributed by atoms with Crippen LogP contribution in [0.15, 0.2) is 18.3 Å². The van der Waals surface area contributed by atoms with Crippen LogP contribution in [-0.4, -0.2) is 31.3 Å². The van der Waals surface area contributed by atoms with Crippen LogP contribution >= 0.6 is 0 Å². The number of nitrogens with two attached hydrogens (primary N) is 1. The molecule has 0 aliphatic heterocycles. The summed E-state index contributed by atoms with van der Waals surface area (Å²) < 4.78 is 9.48. The molecule has 82 valence electrons. The predicted octanol–water partition coefficient (Wildman–Crippen LogP) is 0.597. The molecule has 15 heavy (non-hydrogen) atoms. The van der Waals surface area contributed by atoms with Crippen LogP contribution in [0, 0.1) is 0 Å². The molecule has 0 bridgehead atoms. The number of carbonyl (C=O) groups excluding carboxylic acids is 1. The molecule has 6 heteroatoms. The summed E-state index contributed by atoms with van der Waals surface area (Å²) in [6.07, 6.45) is 0.816. The Morgan fingerprint density at radius 3 is 2.93 bits per heavy atom. The summed E-state index contributed by atoms with van der Waals surface area (Å²) in [4.78, 5) is 14.3. The molecule has 1 aromatic rings. The van der Waals surface area contributed by atoms with Gasteiger partial charge in [0.25, 0.3) is 0 Å². The summed E-state index contributed by atoms with van der Waals surface area (Å²) in [5, 5.41) is 2.95. The molecule has 0 unspecified atom stereocenters. The number of methoxy groups -OCH3 is 1. The Kier molecular flexibility index (Phi) is 4.21. The average Bonchev–Trinajstić information content (AvgIpc) is 2.25. The quantitative estimate of drug-likeness (QED) is 0.696. The lowest BCUT2D eigenvalue weighted by molar-refractivity contribution is 0.161. The minimum atomic E-state index is -0.778. The maximum absolute atomic E-state index is 10.2. The van der Waals surface area contributed by atoms with E-state index in [0.717, 1.165) is 0 Å². The van der Waals surface area contributed by atoms with Gasteiger partial charge in [-0.15, -0.1) is 0 Å². The van der Waals surface area contributed by atoms with E-state index in [2.05, 4.69) is 15.0 Å². The summed E-state index contributed by atoms with van der Waals surface area (Å²) in [5.41, 5.74) is 4.79. The number of ether oxygens (including phenoxy) is 2. The maximum atomic E-state index is 10.2. The minimum absolute atomic E-state index is 0.211. The number of anilines is 1. The van der Waals surface area contributed by atoms with E-state index in [9.17, 15) is 4.79 Å². The number of amides is 1. The minimum Gasteiger partial charge on any atom is -0.495 e. The van der Waals surface area contributed by atoms with Crippen molar-refractivity contribution in [2.45, 2.75) is 0 Å². The van der Waals surface area contributed by atoms with Gasteiger partial charge < -0.3 is 20.5 Å². The summed E-state index contributed by atoms with van der Waals surface area (Å²) in [7, 11) is 1.57. The summed E-state index contributed by atoms with van der Waals surface area (Å²) in [6.45, 7) is 0.672. The molecule has 0 aliphatic carbocycles. The molecule has 0 fully saturated rings. The number of nitrogens with zero attached hydrogens (tertiary/aromatic N) is 1. The Morgan fingerprint density at radius 2 is 2.40 bits per heavy atom. The zero-order valence-electron chi connectivity index (χ0n) is 8.40. The Morgan fingerprint density at radius 1 is 1.60 bits per heavy atom. The highest BCUT2D eigenvalue weighted by Crippen LogP contribution is 2.10. The third kappa shape index (κ3) is 4.17. The zero-order chi connectivity index (χ0) is 11.1. The van der Waals surface area contributed by atoms with Gasteiger partial charge in [0.15, 0.2) is 0 Å². The highest BCUT2D eigenvalue weighted by molar-refractivity contribution is 5.64. The fourth-order valence-electron chi connectivity index (χ4n) is 0.936. The molecule has 6 nitrogen and oxygen atoms in total. The van der Waals surface area contributed by atoms with Crippen LogP contribution in [0.4, 0.5) is 10.6 Å². The lowest BCUT2D eigenvalue weighted by atomic mass is 10.4. The third-order valence-electron chi connectivity index (χ3n) is 1.62. The van der Waals surface area contributed by atoms with Crippen molar-refractivity contribution in [3.05, 3.63) is 18.3 Å². The van der Waals surface area contributed by atoms with Gasteiger partial charge in [-0.05, 0) is 12.1 Å². The fraction of sp³-hybridized carbons (Fsp3) is 0.333. The molecule has 0 spiro atoms. The second-order valence-corrected chi connectivity index (χ2v) is 2.68. The lowest BCUT2D eigenvalue weighted by Crippen LogP contribution is -2.18. The topological polar surface area (TPSA) is 86.5 Å². The number of hydrogen-bond acceptors (Lipinski definition) is 5. The van der Waals surface area contributed by atoms with Crippen LogP contribution in [-0.2, 0) is 4.74 Å². The van der Waals surface area contributed by atoms with Gasteiger partial charge in [-0.3, -0.25) is 0 Å². The largest absolute Gasteiger partial charge is 0.495 e. The van der Waals surface area contributed by atoms with Gasteiger partial charge in [0.05, 0.1) is 19.9 Å². The molecule has 1 amide bonds. The molecule has 1 rings (SSSR count). The summed E-state index contributed by atoms with van der Waals surface area (Å²) >= 11 is 0. The standard InChI is InChI=1S/C9H13N3O3/c1-14-7-2-3-8(12-6-7)11-4-5-15-9(10)13/h2-3,6H,4-5H2,1H3,(H2,10,13)(H,11,12). The Bertz CT molecular complexity index is 313. The zero-order valence-corrected chi connectivity index (χ0v) is 8.40. The van der Waals surface area contributed by atoms with Gasteiger partial charge in [0.2, 0.25) is 0 Å². The number of carbonyl (C=O) groups is 1. The van der Waals surface area contributed by atoms with E-state index in [0.29, 0.717) is 18.1 Å². The number of primary amides is 1. The lowest BCUT2D eigenvalue weighted by Gasteiger charge is -2.05. The van der Waals surface area contributed by atoms with Crippen LogP contribution in [0.25, 0.3) is 0 Å². The Hall–Kier alpha value is -1.98. The number of aromatic nitrogens is 1. The highest BCUT2D eigenvalue weighted by atomic mass is 16.5. The third-order valence-corrected chi connectivity index (χ3v) is 1.62. The van der Waals surface area contributed by atoms with Crippen molar-refractivity contribution in [3.63, 3.8) is 0 Å². The van der Waals surface area contributed by atoms with Crippen molar-refractivity contribution in [2.24, 2.45) is 5.73 Å². The molecule has 0 saturated heterocycles. The van der Waals surface area contributed by atoms with Gasteiger partial charge in [0, 0.05) is 0 Å². The van der Waals surface area contributed by atoms with Crippen LogP contribution in [0.3, 0.4) is 0 Å². The van der Waals surface area contributed by atoms with Crippen molar-refractivity contribution in [2.75, 3.05) is 25.6 Å². The molecule has 0 aliphatic rings. The molecule has 0 aromatic carbocycles. The first-order chi connectivity index (χ1) is 7.22. The monoisotopic (exact) mass is 211 g/mol. The van der Waals surface area contributed by atoms with Gasteiger partial charge >= 0.3 is 6.09 Å². The number of hydrogen-bond donors (Lipinski definition) is 2. The fourth-order valence-corrected chi connectivity index (χ4v) is 0.936. The first kappa shape index (κ1) is 11.1. The van der Waals surface area contributed by atoms with Gasteiger partial charge in [-0.1, -0.05) is 0 Å². The number of pyridine rings is 1. The van der Waals surface area contributed by atoms with Crippen LogP contribution in [0.1, 0.15) is 0 Å². The summed E-state index contributed by atoms with van der Waals surface area (Å²) in [5.74, 6) is 1.37. The normalized spacial score (nSPS) is 9.40. The van der Waals surface area contributed by atoms with Crippen LogP contribution in [0.2, 0.25) is 0 Å². The average molecular weight is 211 g/mol. The maximum Gasteiger partial charge on any atom is 0.404 e. The van der Waals surface area contributed by atoms with E-state index in [-0.39, 0.29) is 6.61 Å². The molecule has 0 atom stereocenters. The number of nitrogens with one attached hydrogen (secondary N) is 1. The van der Waals surface area contributed by atoms with Crippen molar-refractivity contribution in [3.8, 4) is 5.75 Å². The Labute approximate surface area is 87.4 Å². The second-order valence-electron chi connectivity index (χ2n) is 2.68. The molecule has 1 aromatic heterocycles. The van der Waals surface area contributed by atoms with E-state index >= 15 is 0 Å². The highest BCUT2D eigenvalue weighted by Gasteiger charge is 1.96. The van der Waals surface area contributed by atoms with Crippen LogP contribution in [0.5, 0.6) is 5.75 Å². The van der Waals surface area contributed by atoms with Crippen molar-refractivity contribution >= 4 is 11.9 Å². The van der Waals surface area contributed by atoms with Crippen molar-refractivity contribution < 1.29 is 14.3 Å². The van der Waals surface area contributed by atoms with E-state index in [4.69, 9.17) is 10.5 Å². The van der Waals surface area contributed by atoms with Crippen LogP contribution < -0.4 is 15.8 Å². The number of rotatable bonds is 5. The summed E-state index contributed by atoms with van der Waals surface area (Å²) in [6, 6.07) is 3.55. The molecular formula is C9H13N3O3. The molecule has 0 saturated carbocycles. The van der Waals surface area contributed by atoms with E-state index in [1.807, 2.05) is 0 Å². The molecule has 3 N–H and O–H groups in total. The SMILES string of the molecule is COc1ccc(NCCOC(N)=O)nc1. The van der Waals surface area contributed by atoms with Gasteiger partial charge in [-0.25, -0.2) is 9.78 Å². The van der Waals surface area contributed by atoms with E-state index < -0.39 is 6.09 Å². The predicted molar refractivity (Wildman–Crippen MR) is 54.8 cm³/mol. The molecule has 1 heterocycles. The molecule has 0 radical (unpaired) electrons. The van der Waals surface area contributed by atoms with E-state index in [1.54, 1.807) is 25.4 Å². The smallest absolute Gasteiger partial charge is 0.404 e. The van der Waals surface area contributed by atoms with E-state index in [1.165, 1.54) is 0 Å². The van der Waals surface area contributed by atoms with Gasteiger partial charge in [-0.2, -0.15) is 0 Å². The Balaban J connectivity index is 2.28. The second kappa shape index (κ2) is 5.69. The first-order valence-electron chi connectivity index (χ1n) is 4.38. The van der Waals surface area contributed by atoms with Gasteiger partial charge in [0.1, 0.15) is 18.2 Å². The van der Waals surface area contributed by atoms with Crippen molar-refractivity contribution in [1.29, 1.82) is 0 Å².